The van der Waals surface area contributed by atoms with Gasteiger partial charge in [0.25, 0.3) is 0 Å². The van der Waals surface area contributed by atoms with Crippen molar-refractivity contribution in [2.75, 3.05) is 45.7 Å². The quantitative estimate of drug-likeness (QED) is 0.668. The van der Waals surface area contributed by atoms with E-state index in [0.29, 0.717) is 0 Å². The Balaban J connectivity index is 2.24. The molecule has 1 aliphatic rings. The summed E-state index contributed by atoms with van der Waals surface area (Å²) in [6.45, 7) is 5.11. The number of hydrogen-bond acceptors (Lipinski definition) is 6. The van der Waals surface area contributed by atoms with Crippen LogP contribution >= 0.6 is 18.2 Å². The average Bonchev–Trinajstić information content (AvgIpc) is 2.29. The molecule has 1 atom stereocenters. The van der Waals surface area contributed by atoms with Crippen LogP contribution in [0, 0.1) is 0 Å². The van der Waals surface area contributed by atoms with Gasteiger partial charge in [-0.15, -0.1) is 0 Å². The average molecular weight is 283 g/mol. The van der Waals surface area contributed by atoms with Gasteiger partial charge in [0, 0.05) is 32.5 Å². The molecular weight excluding hydrogens is 261 g/mol. The van der Waals surface area contributed by atoms with Crippen molar-refractivity contribution in [2.45, 2.75) is 20.0 Å². The minimum Gasteiger partial charge on any atom is -0.379 e. The highest BCUT2D eigenvalue weighted by atomic mass is 32.7. The molecule has 1 fully saturated rings. The highest BCUT2D eigenvalue weighted by molar-refractivity contribution is 8.55. The first-order chi connectivity index (χ1) is 8.06. The first-order valence-electron chi connectivity index (χ1n) is 5.84. The Morgan fingerprint density at radius 2 is 2.06 bits per heavy atom. The van der Waals surface area contributed by atoms with E-state index in [1.165, 1.54) is 18.5 Å². The molecule has 0 aromatic heterocycles. The molecule has 0 amide bonds. The zero-order valence-electron chi connectivity index (χ0n) is 10.8. The maximum Gasteiger partial charge on any atom is 0.389 e. The molecule has 1 aliphatic heterocycles. The summed E-state index contributed by atoms with van der Waals surface area (Å²) in [5, 5.41) is 0. The molecule has 17 heavy (non-hydrogen) atoms. The summed E-state index contributed by atoms with van der Waals surface area (Å²) in [5.74, 6) is 0.748. The molecule has 7 heteroatoms. The lowest BCUT2D eigenvalue weighted by Crippen LogP contribution is -2.37. The lowest BCUT2D eigenvalue weighted by Gasteiger charge is -2.26. The van der Waals surface area contributed by atoms with Gasteiger partial charge in [0.15, 0.2) is 0 Å². The lowest BCUT2D eigenvalue weighted by atomic mass is 10.4. The van der Waals surface area contributed by atoms with Gasteiger partial charge in [-0.3, -0.25) is 9.42 Å². The Bertz CT molecular complexity index is 259. The molecule has 1 unspecified atom stereocenters. The molecule has 0 N–H and O–H groups in total. The van der Waals surface area contributed by atoms with Gasteiger partial charge < -0.3 is 9.26 Å². The summed E-state index contributed by atoms with van der Waals surface area (Å²) in [5.41, 5.74) is 0. The summed E-state index contributed by atoms with van der Waals surface area (Å²) in [6, 6.07) is 0. The third-order valence-electron chi connectivity index (χ3n) is 2.32. The number of nitrogens with zero attached hydrogens (tertiary/aromatic N) is 1. The fourth-order valence-corrected chi connectivity index (χ4v) is 4.75. The van der Waals surface area contributed by atoms with Gasteiger partial charge in [0.05, 0.1) is 19.3 Å². The van der Waals surface area contributed by atoms with Crippen molar-refractivity contribution in [1.29, 1.82) is 0 Å². The van der Waals surface area contributed by atoms with Gasteiger partial charge in [-0.1, -0.05) is 0 Å². The van der Waals surface area contributed by atoms with Crippen LogP contribution in [0.15, 0.2) is 0 Å². The van der Waals surface area contributed by atoms with Gasteiger partial charge in [-0.2, -0.15) is 0 Å². The van der Waals surface area contributed by atoms with E-state index in [9.17, 15) is 4.57 Å². The Morgan fingerprint density at radius 1 is 1.41 bits per heavy atom. The van der Waals surface area contributed by atoms with Crippen LogP contribution in [-0.4, -0.2) is 56.7 Å². The molecule has 0 radical (unpaired) electrons. The molecule has 0 aromatic carbocycles. The molecule has 0 bridgehead atoms. The summed E-state index contributed by atoms with van der Waals surface area (Å²) < 4.78 is 27.7. The molecule has 1 heterocycles. The van der Waals surface area contributed by atoms with E-state index in [4.69, 9.17) is 13.8 Å². The third-order valence-corrected chi connectivity index (χ3v) is 6.33. The maximum absolute atomic E-state index is 12.1. The van der Waals surface area contributed by atoms with E-state index in [1.54, 1.807) is 0 Å². The zero-order chi connectivity index (χ0) is 12.7. The fourth-order valence-electron chi connectivity index (χ4n) is 1.49. The third kappa shape index (κ3) is 6.22. The van der Waals surface area contributed by atoms with Crippen LogP contribution in [0.3, 0.4) is 0 Å². The van der Waals surface area contributed by atoms with Crippen molar-refractivity contribution in [2.24, 2.45) is 0 Å². The molecule has 0 aliphatic carbocycles. The Labute approximate surface area is 107 Å². The number of ether oxygens (including phenoxy) is 1. The van der Waals surface area contributed by atoms with Crippen LogP contribution in [-0.2, 0) is 18.3 Å². The van der Waals surface area contributed by atoms with Crippen LogP contribution in [0.2, 0.25) is 0 Å². The van der Waals surface area contributed by atoms with Crippen molar-refractivity contribution < 1.29 is 18.3 Å². The maximum atomic E-state index is 12.1. The smallest absolute Gasteiger partial charge is 0.379 e. The second kappa shape index (κ2) is 7.77. The minimum atomic E-state index is -2.97. The van der Waals surface area contributed by atoms with Crippen molar-refractivity contribution in [1.82, 2.24) is 4.90 Å². The largest absolute Gasteiger partial charge is 0.389 e. The van der Waals surface area contributed by atoms with Crippen molar-refractivity contribution >= 4 is 18.2 Å². The highest BCUT2D eigenvalue weighted by Gasteiger charge is 2.25. The molecule has 1 saturated heterocycles. The van der Waals surface area contributed by atoms with Gasteiger partial charge >= 0.3 is 6.80 Å². The predicted octanol–water partition coefficient (Wildman–Crippen LogP) is 2.23. The molecule has 0 aromatic rings. The van der Waals surface area contributed by atoms with E-state index in [0.717, 1.165) is 38.6 Å². The van der Waals surface area contributed by atoms with Gasteiger partial charge in [-0.25, -0.2) is 4.57 Å². The molecule has 5 nitrogen and oxygen atoms in total. The monoisotopic (exact) mass is 283 g/mol. The van der Waals surface area contributed by atoms with Crippen molar-refractivity contribution in [3.05, 3.63) is 0 Å². The summed E-state index contributed by atoms with van der Waals surface area (Å²) in [7, 11) is 1.44. The van der Waals surface area contributed by atoms with Gasteiger partial charge in [0.1, 0.15) is 0 Å². The lowest BCUT2D eigenvalue weighted by molar-refractivity contribution is 0.0410. The topological polar surface area (TPSA) is 48.0 Å². The highest BCUT2D eigenvalue weighted by Crippen LogP contribution is 2.60. The van der Waals surface area contributed by atoms with Crippen LogP contribution < -0.4 is 0 Å². The van der Waals surface area contributed by atoms with E-state index < -0.39 is 6.80 Å². The molecule has 0 saturated carbocycles. The molecule has 0 spiro atoms. The first-order valence-corrected chi connectivity index (χ1v) is 8.98. The number of rotatable bonds is 7. The fraction of sp³-hybridized carbons (Fsp3) is 1.00. The summed E-state index contributed by atoms with van der Waals surface area (Å²) in [4.78, 5) is 2.30. The Morgan fingerprint density at radius 3 is 2.59 bits per heavy atom. The van der Waals surface area contributed by atoms with E-state index in [1.807, 2.05) is 13.8 Å². The first kappa shape index (κ1) is 15.5. The van der Waals surface area contributed by atoms with Crippen molar-refractivity contribution in [3.8, 4) is 0 Å². The molecular formula is C10H22NO4PS. The van der Waals surface area contributed by atoms with Gasteiger partial charge in [0.2, 0.25) is 0 Å². The van der Waals surface area contributed by atoms with E-state index in [-0.39, 0.29) is 6.10 Å². The second-order valence-electron chi connectivity index (χ2n) is 4.07. The standard InChI is InChI=1S/C10H22NO4PS/c1-10(2)15-16(12,13-3)17-9-6-11-4-7-14-8-5-11/h10H,4-9H2,1-3H3. The Kier molecular flexibility index (Phi) is 7.07. The normalized spacial score (nSPS) is 21.6. The number of hydrogen-bond donors (Lipinski definition) is 0. The van der Waals surface area contributed by atoms with Crippen LogP contribution in [0.4, 0.5) is 0 Å². The second-order valence-corrected chi connectivity index (χ2v) is 8.32. The van der Waals surface area contributed by atoms with Crippen LogP contribution in [0.1, 0.15) is 13.8 Å². The van der Waals surface area contributed by atoms with E-state index in [2.05, 4.69) is 4.90 Å². The van der Waals surface area contributed by atoms with Gasteiger partial charge in [-0.05, 0) is 25.2 Å². The predicted molar refractivity (Wildman–Crippen MR) is 70.6 cm³/mol. The van der Waals surface area contributed by atoms with Crippen LogP contribution in [0.5, 0.6) is 0 Å². The summed E-state index contributed by atoms with van der Waals surface area (Å²) >= 11 is 1.27. The van der Waals surface area contributed by atoms with E-state index >= 15 is 0 Å². The van der Waals surface area contributed by atoms with Crippen LogP contribution in [0.25, 0.3) is 0 Å². The summed E-state index contributed by atoms with van der Waals surface area (Å²) in [6.07, 6.45) is -0.0864. The SMILES string of the molecule is COP(=O)(OC(C)C)SCCN1CCOCC1. The number of morpholine rings is 1. The molecule has 102 valence electrons. The zero-order valence-corrected chi connectivity index (χ0v) is 12.5. The Hall–Kier alpha value is 0.420. The minimum absolute atomic E-state index is 0.0864. The molecule has 1 rings (SSSR count). The van der Waals surface area contributed by atoms with Crippen molar-refractivity contribution in [3.63, 3.8) is 0 Å².